The lowest BCUT2D eigenvalue weighted by Gasteiger charge is -2.35. The molecular formula is C31H33F4N3O3S. The van der Waals surface area contributed by atoms with Crippen LogP contribution in [0.3, 0.4) is 0 Å². The molecule has 1 aliphatic carbocycles. The van der Waals surface area contributed by atoms with E-state index in [-0.39, 0.29) is 24.2 Å². The van der Waals surface area contributed by atoms with E-state index in [1.807, 2.05) is 24.3 Å². The molecule has 2 unspecified atom stereocenters. The van der Waals surface area contributed by atoms with Crippen molar-refractivity contribution in [3.8, 4) is 11.1 Å². The summed E-state index contributed by atoms with van der Waals surface area (Å²) in [6, 6.07) is 13.2. The van der Waals surface area contributed by atoms with Crippen LogP contribution in [0.15, 0.2) is 53.9 Å². The summed E-state index contributed by atoms with van der Waals surface area (Å²) >= 11 is 1.43. The number of amides is 1. The summed E-state index contributed by atoms with van der Waals surface area (Å²) in [6.07, 6.45) is -1.34. The number of nitrogens with zero attached hydrogens (tertiary/aromatic N) is 3. The number of thiazole rings is 1. The summed E-state index contributed by atoms with van der Waals surface area (Å²) in [7, 11) is 1.32. The van der Waals surface area contributed by atoms with E-state index < -0.39 is 24.1 Å². The van der Waals surface area contributed by atoms with E-state index in [1.54, 1.807) is 17.5 Å². The number of alkyl halides is 3. The van der Waals surface area contributed by atoms with Crippen LogP contribution in [0.4, 0.5) is 17.6 Å². The third-order valence-electron chi connectivity index (χ3n) is 8.15. The zero-order valence-corrected chi connectivity index (χ0v) is 24.1. The topological polar surface area (TPSA) is 62.7 Å². The molecule has 5 rings (SSSR count). The van der Waals surface area contributed by atoms with Gasteiger partial charge >= 0.3 is 18.1 Å². The number of piperidine rings is 1. The second-order valence-electron chi connectivity index (χ2n) is 11.0. The van der Waals surface area contributed by atoms with Crippen LogP contribution < -0.4 is 0 Å². The smallest absolute Gasteiger partial charge is 0.464 e. The fraction of sp³-hybridized carbons (Fsp3) is 0.452. The second-order valence-corrected chi connectivity index (χ2v) is 11.9. The number of carbonyl (C=O) groups excluding carboxylic acids is 2. The molecule has 2 atom stereocenters. The van der Waals surface area contributed by atoms with Crippen molar-refractivity contribution in [2.75, 3.05) is 33.3 Å². The Balaban J connectivity index is 1.13. The Morgan fingerprint density at radius 1 is 1.05 bits per heavy atom. The van der Waals surface area contributed by atoms with Crippen molar-refractivity contribution in [2.24, 2.45) is 5.92 Å². The van der Waals surface area contributed by atoms with Gasteiger partial charge in [-0.3, -0.25) is 4.79 Å². The zero-order valence-electron chi connectivity index (χ0n) is 23.3. The van der Waals surface area contributed by atoms with Gasteiger partial charge in [-0.05, 0) is 80.1 Å². The van der Waals surface area contributed by atoms with Gasteiger partial charge < -0.3 is 14.5 Å². The van der Waals surface area contributed by atoms with E-state index in [0.29, 0.717) is 12.1 Å². The Labute approximate surface area is 246 Å². The number of hydrogen-bond donors (Lipinski definition) is 0. The lowest BCUT2D eigenvalue weighted by atomic mass is 9.95. The number of halogens is 4. The van der Waals surface area contributed by atoms with Crippen molar-refractivity contribution in [1.82, 2.24) is 14.8 Å². The maximum Gasteiger partial charge on any atom is 0.471 e. The Bertz CT molecular complexity index is 1370. The number of hydrogen-bond acceptors (Lipinski definition) is 6. The van der Waals surface area contributed by atoms with E-state index in [2.05, 4.69) is 14.6 Å². The molecular weight excluding hydrogens is 570 g/mol. The molecule has 0 N–H and O–H groups in total. The third kappa shape index (κ3) is 7.36. The normalized spacial score (nSPS) is 19.5. The number of aromatic nitrogens is 1. The lowest BCUT2D eigenvalue weighted by Crippen LogP contribution is -2.47. The molecule has 1 aliphatic heterocycles. The molecule has 0 radical (unpaired) electrons. The summed E-state index contributed by atoms with van der Waals surface area (Å²) < 4.78 is 58.7. The molecule has 11 heteroatoms. The number of methoxy groups -OCH3 is 1. The second kappa shape index (κ2) is 12.9. The molecule has 1 amide bonds. The van der Waals surface area contributed by atoms with Crippen LogP contribution in [0.25, 0.3) is 11.1 Å². The number of likely N-dealkylation sites (tertiary alicyclic amines) is 1. The van der Waals surface area contributed by atoms with Crippen LogP contribution in [-0.2, 0) is 16.0 Å². The van der Waals surface area contributed by atoms with Crippen LogP contribution >= 0.6 is 11.3 Å². The highest BCUT2D eigenvalue weighted by Gasteiger charge is 2.52. The maximum atomic E-state index is 13.6. The minimum Gasteiger partial charge on any atom is -0.464 e. The Kier molecular flexibility index (Phi) is 9.27. The summed E-state index contributed by atoms with van der Waals surface area (Å²) in [5, 5.41) is 2.56. The molecule has 1 saturated heterocycles. The number of rotatable bonds is 10. The largest absolute Gasteiger partial charge is 0.471 e. The molecule has 3 aromatic rings. The first-order valence-electron chi connectivity index (χ1n) is 14.1. The van der Waals surface area contributed by atoms with Crippen molar-refractivity contribution in [1.29, 1.82) is 0 Å². The third-order valence-corrected chi connectivity index (χ3v) is 9.06. The Hall–Kier alpha value is -3.31. The van der Waals surface area contributed by atoms with Gasteiger partial charge in [0.15, 0.2) is 5.69 Å². The summed E-state index contributed by atoms with van der Waals surface area (Å²) in [4.78, 5) is 31.7. The van der Waals surface area contributed by atoms with Gasteiger partial charge in [-0.15, -0.1) is 11.3 Å². The SMILES string of the molecule is COC(=O)c1csc(CCCN2CCC(CN(C(=O)C(F)(F)F)C3CC3c3ccc(-c4ccc(F)cc4)cc3)CC2)n1. The standard InChI is InChI=1S/C31H33F4N3O3S/c1-41-29(39)26-19-42-28(36-26)3-2-14-37-15-12-20(13-16-37)18-38(30(40)31(33,34)35)27-17-25(27)23-6-4-21(5-7-23)22-8-10-24(32)11-9-22/h4-11,19-20,25,27H,2-3,12-18H2,1H3. The minimum atomic E-state index is -4.91. The number of ether oxygens (including phenoxy) is 1. The maximum absolute atomic E-state index is 13.6. The van der Waals surface area contributed by atoms with Gasteiger partial charge in [0.05, 0.1) is 12.1 Å². The van der Waals surface area contributed by atoms with E-state index >= 15 is 0 Å². The van der Waals surface area contributed by atoms with E-state index in [9.17, 15) is 27.2 Å². The Morgan fingerprint density at radius 2 is 1.69 bits per heavy atom. The van der Waals surface area contributed by atoms with Crippen LogP contribution in [-0.4, -0.2) is 72.2 Å². The molecule has 1 saturated carbocycles. The first-order chi connectivity index (χ1) is 20.1. The van der Waals surface area contributed by atoms with Crippen LogP contribution in [0.5, 0.6) is 0 Å². The molecule has 0 bridgehead atoms. The molecule has 224 valence electrons. The van der Waals surface area contributed by atoms with Gasteiger partial charge in [0.2, 0.25) is 0 Å². The predicted octanol–water partition coefficient (Wildman–Crippen LogP) is 6.33. The van der Waals surface area contributed by atoms with Gasteiger partial charge in [0, 0.05) is 30.3 Å². The number of esters is 1. The van der Waals surface area contributed by atoms with Crippen molar-refractivity contribution in [2.45, 2.75) is 50.2 Å². The average Bonchev–Trinajstić information content (AvgIpc) is 3.64. The molecule has 2 aliphatic rings. The average molecular weight is 604 g/mol. The van der Waals surface area contributed by atoms with Gasteiger partial charge in [-0.1, -0.05) is 36.4 Å². The van der Waals surface area contributed by atoms with Crippen molar-refractivity contribution < 1.29 is 31.9 Å². The molecule has 6 nitrogen and oxygen atoms in total. The molecule has 2 fully saturated rings. The van der Waals surface area contributed by atoms with E-state index in [1.165, 1.54) is 30.6 Å². The molecule has 42 heavy (non-hydrogen) atoms. The zero-order chi connectivity index (χ0) is 29.9. The van der Waals surface area contributed by atoms with Crippen LogP contribution in [0.1, 0.15) is 52.7 Å². The highest BCUT2D eigenvalue weighted by Crippen LogP contribution is 2.46. The van der Waals surface area contributed by atoms with Gasteiger partial charge in [-0.25, -0.2) is 14.2 Å². The summed E-state index contributed by atoms with van der Waals surface area (Å²) in [5.41, 5.74) is 2.96. The van der Waals surface area contributed by atoms with E-state index in [0.717, 1.165) is 71.9 Å². The van der Waals surface area contributed by atoms with Gasteiger partial charge in [-0.2, -0.15) is 13.2 Å². The Morgan fingerprint density at radius 3 is 2.31 bits per heavy atom. The highest BCUT2D eigenvalue weighted by molar-refractivity contribution is 7.09. The van der Waals surface area contributed by atoms with E-state index in [4.69, 9.17) is 0 Å². The molecule has 1 aromatic heterocycles. The summed E-state index contributed by atoms with van der Waals surface area (Å²) in [6.45, 7) is 2.48. The number of carbonyl (C=O) groups is 2. The summed E-state index contributed by atoms with van der Waals surface area (Å²) in [5.74, 6) is -2.65. The molecule has 2 heterocycles. The fourth-order valence-electron chi connectivity index (χ4n) is 5.73. The van der Waals surface area contributed by atoms with Gasteiger partial charge in [0.1, 0.15) is 5.82 Å². The lowest BCUT2D eigenvalue weighted by molar-refractivity contribution is -0.187. The first kappa shape index (κ1) is 30.2. The van der Waals surface area contributed by atoms with Crippen molar-refractivity contribution in [3.05, 3.63) is 76.0 Å². The van der Waals surface area contributed by atoms with Crippen LogP contribution in [0.2, 0.25) is 0 Å². The number of aryl methyl sites for hydroxylation is 1. The predicted molar refractivity (Wildman–Crippen MR) is 152 cm³/mol. The van der Waals surface area contributed by atoms with Crippen molar-refractivity contribution in [3.63, 3.8) is 0 Å². The minimum absolute atomic E-state index is 0.0104. The molecule has 2 aromatic carbocycles. The van der Waals surface area contributed by atoms with Crippen molar-refractivity contribution >= 4 is 23.2 Å². The quantitative estimate of drug-likeness (QED) is 0.200. The number of benzene rings is 2. The highest BCUT2D eigenvalue weighted by atomic mass is 32.1. The monoisotopic (exact) mass is 603 g/mol. The van der Waals surface area contributed by atoms with Crippen LogP contribution in [0, 0.1) is 11.7 Å². The fourth-order valence-corrected chi connectivity index (χ4v) is 6.54. The first-order valence-corrected chi connectivity index (χ1v) is 15.0. The van der Waals surface area contributed by atoms with Gasteiger partial charge in [0.25, 0.3) is 0 Å². The molecule has 0 spiro atoms.